The number of nitrogens with one attached hydrogen (secondary N) is 2. The largest absolute Gasteiger partial charge is 0.352 e. The van der Waals surface area contributed by atoms with Crippen LogP contribution >= 0.6 is 12.4 Å². The molecule has 2 heterocycles. The first-order valence-corrected chi connectivity index (χ1v) is 7.78. The van der Waals surface area contributed by atoms with E-state index in [9.17, 15) is 9.18 Å². The van der Waals surface area contributed by atoms with Crippen LogP contribution in [0.3, 0.4) is 0 Å². The second-order valence-corrected chi connectivity index (χ2v) is 6.92. The van der Waals surface area contributed by atoms with Gasteiger partial charge in [-0.25, -0.2) is 4.39 Å². The summed E-state index contributed by atoms with van der Waals surface area (Å²) in [6.07, 6.45) is 4.43. The van der Waals surface area contributed by atoms with Crippen molar-refractivity contribution in [2.75, 3.05) is 0 Å². The Morgan fingerprint density at radius 3 is 2.50 bits per heavy atom. The highest BCUT2D eigenvalue weighted by atomic mass is 35.5. The number of carbonyl (C=O) groups excluding carboxylic acids is 1. The second-order valence-electron chi connectivity index (χ2n) is 6.92. The van der Waals surface area contributed by atoms with E-state index in [1.165, 1.54) is 25.0 Å². The Bertz CT molecular complexity index is 537. The second kappa shape index (κ2) is 6.55. The van der Waals surface area contributed by atoms with Crippen molar-refractivity contribution in [3.8, 4) is 0 Å². The van der Waals surface area contributed by atoms with Gasteiger partial charge >= 0.3 is 0 Å². The summed E-state index contributed by atoms with van der Waals surface area (Å²) in [5, 5.41) is 6.75. The molecule has 1 aromatic carbocycles. The lowest BCUT2D eigenvalue weighted by Crippen LogP contribution is -2.51. The number of carbonyl (C=O) groups is 1. The standard InChI is InChI=1S/C17H23FN2O.ClH/c1-17(2,11-4-3-5-12(18)8-11)16(21)20-15-9-13-6-7-14(10-15)19-13;/h3-5,8,13-15,19H,6-7,9-10H2,1-2H3,(H,20,21);1H. The van der Waals surface area contributed by atoms with Gasteiger partial charge in [0.1, 0.15) is 5.82 Å². The quantitative estimate of drug-likeness (QED) is 0.896. The molecule has 1 amide bonds. The summed E-state index contributed by atoms with van der Waals surface area (Å²) >= 11 is 0. The van der Waals surface area contributed by atoms with Crippen molar-refractivity contribution in [2.45, 2.75) is 63.1 Å². The average molecular weight is 327 g/mol. The van der Waals surface area contributed by atoms with Crippen molar-refractivity contribution in [2.24, 2.45) is 0 Å². The van der Waals surface area contributed by atoms with Gasteiger partial charge in [0.25, 0.3) is 0 Å². The Morgan fingerprint density at radius 1 is 1.27 bits per heavy atom. The fourth-order valence-corrected chi connectivity index (χ4v) is 3.55. The fraction of sp³-hybridized carbons (Fsp3) is 0.588. The fourth-order valence-electron chi connectivity index (χ4n) is 3.55. The Balaban J connectivity index is 0.00000176. The molecular weight excluding hydrogens is 303 g/mol. The lowest BCUT2D eigenvalue weighted by Gasteiger charge is -2.33. The molecule has 0 spiro atoms. The molecule has 2 unspecified atom stereocenters. The zero-order valence-electron chi connectivity index (χ0n) is 13.1. The van der Waals surface area contributed by atoms with Gasteiger partial charge in [-0.05, 0) is 57.2 Å². The smallest absolute Gasteiger partial charge is 0.230 e. The minimum absolute atomic E-state index is 0. The van der Waals surface area contributed by atoms with Gasteiger partial charge in [0, 0.05) is 18.1 Å². The van der Waals surface area contributed by atoms with E-state index >= 15 is 0 Å². The van der Waals surface area contributed by atoms with Gasteiger partial charge in [-0.15, -0.1) is 12.4 Å². The van der Waals surface area contributed by atoms with Crippen LogP contribution in [-0.2, 0) is 10.2 Å². The first-order valence-electron chi connectivity index (χ1n) is 7.78. The van der Waals surface area contributed by atoms with Gasteiger partial charge in [-0.3, -0.25) is 4.79 Å². The van der Waals surface area contributed by atoms with Gasteiger partial charge in [-0.1, -0.05) is 12.1 Å². The first-order chi connectivity index (χ1) is 9.95. The van der Waals surface area contributed by atoms with Crippen molar-refractivity contribution in [1.29, 1.82) is 0 Å². The van der Waals surface area contributed by atoms with Crippen molar-refractivity contribution in [3.05, 3.63) is 35.6 Å². The van der Waals surface area contributed by atoms with E-state index in [4.69, 9.17) is 0 Å². The molecule has 0 aliphatic carbocycles. The molecule has 2 N–H and O–H groups in total. The Hall–Kier alpha value is -1.13. The number of amides is 1. The molecule has 0 saturated carbocycles. The molecule has 3 nitrogen and oxygen atoms in total. The molecular formula is C17H24ClFN2O. The van der Waals surface area contributed by atoms with E-state index in [1.54, 1.807) is 6.07 Å². The number of hydrogen-bond donors (Lipinski definition) is 2. The van der Waals surface area contributed by atoms with Gasteiger partial charge < -0.3 is 10.6 Å². The van der Waals surface area contributed by atoms with Crippen LogP contribution in [0.25, 0.3) is 0 Å². The van der Waals surface area contributed by atoms with Gasteiger partial charge in [0.2, 0.25) is 5.91 Å². The van der Waals surface area contributed by atoms with Crippen LogP contribution in [0.1, 0.15) is 45.1 Å². The zero-order valence-corrected chi connectivity index (χ0v) is 13.9. The normalized spacial score (nSPS) is 27.1. The Labute approximate surface area is 137 Å². The molecule has 3 rings (SSSR count). The predicted molar refractivity (Wildman–Crippen MR) is 87.8 cm³/mol. The third-order valence-electron chi connectivity index (χ3n) is 4.92. The predicted octanol–water partition coefficient (Wildman–Crippen LogP) is 2.92. The summed E-state index contributed by atoms with van der Waals surface area (Å²) in [5.74, 6) is -0.312. The molecule has 2 saturated heterocycles. The van der Waals surface area contributed by atoms with Gasteiger partial charge in [0.15, 0.2) is 0 Å². The lowest BCUT2D eigenvalue weighted by atomic mass is 9.83. The van der Waals surface area contributed by atoms with Crippen molar-refractivity contribution < 1.29 is 9.18 Å². The SMILES string of the molecule is CC(C)(C(=O)NC1CC2CCC(C1)N2)c1cccc(F)c1.Cl. The summed E-state index contributed by atoms with van der Waals surface area (Å²) in [5.41, 5.74) is 0.00311. The monoisotopic (exact) mass is 326 g/mol. The summed E-state index contributed by atoms with van der Waals surface area (Å²) in [6.45, 7) is 3.71. The molecule has 0 aromatic heterocycles. The van der Waals surface area contributed by atoms with Crippen LogP contribution in [0.5, 0.6) is 0 Å². The lowest BCUT2D eigenvalue weighted by molar-refractivity contribution is -0.126. The highest BCUT2D eigenvalue weighted by Gasteiger charge is 2.37. The zero-order chi connectivity index (χ0) is 15.0. The third-order valence-corrected chi connectivity index (χ3v) is 4.92. The molecule has 1 aromatic rings. The molecule has 122 valence electrons. The maximum absolute atomic E-state index is 13.4. The minimum atomic E-state index is -0.716. The van der Waals surface area contributed by atoms with Gasteiger partial charge in [-0.2, -0.15) is 0 Å². The van der Waals surface area contributed by atoms with Crippen LogP contribution < -0.4 is 10.6 Å². The van der Waals surface area contributed by atoms with E-state index in [0.717, 1.165) is 18.4 Å². The van der Waals surface area contributed by atoms with Crippen LogP contribution in [-0.4, -0.2) is 24.0 Å². The maximum Gasteiger partial charge on any atom is 0.230 e. The van der Waals surface area contributed by atoms with E-state index < -0.39 is 5.41 Å². The molecule has 22 heavy (non-hydrogen) atoms. The topological polar surface area (TPSA) is 41.1 Å². The first kappa shape index (κ1) is 17.2. The van der Waals surface area contributed by atoms with Crippen LogP contribution in [0.4, 0.5) is 4.39 Å². The molecule has 2 atom stereocenters. The van der Waals surface area contributed by atoms with Gasteiger partial charge in [0.05, 0.1) is 5.41 Å². The van der Waals surface area contributed by atoms with E-state index in [0.29, 0.717) is 12.1 Å². The highest BCUT2D eigenvalue weighted by Crippen LogP contribution is 2.29. The number of fused-ring (bicyclic) bond motifs is 2. The molecule has 5 heteroatoms. The third kappa shape index (κ3) is 3.44. The number of rotatable bonds is 3. The van der Waals surface area contributed by atoms with E-state index in [1.807, 2.05) is 19.9 Å². The van der Waals surface area contributed by atoms with Crippen LogP contribution in [0.15, 0.2) is 24.3 Å². The maximum atomic E-state index is 13.4. The van der Waals surface area contributed by atoms with Crippen LogP contribution in [0, 0.1) is 5.82 Å². The Kier molecular flexibility index (Phi) is 5.13. The molecule has 0 radical (unpaired) electrons. The highest BCUT2D eigenvalue weighted by molar-refractivity contribution is 5.87. The number of hydrogen-bond acceptors (Lipinski definition) is 2. The van der Waals surface area contributed by atoms with E-state index in [-0.39, 0.29) is 30.2 Å². The summed E-state index contributed by atoms with van der Waals surface area (Å²) in [6, 6.07) is 7.66. The molecule has 2 aliphatic heterocycles. The van der Waals surface area contributed by atoms with Crippen molar-refractivity contribution in [3.63, 3.8) is 0 Å². The number of benzene rings is 1. The minimum Gasteiger partial charge on any atom is -0.352 e. The molecule has 2 aliphatic rings. The number of piperidine rings is 1. The molecule has 2 fully saturated rings. The summed E-state index contributed by atoms with van der Waals surface area (Å²) in [4.78, 5) is 12.6. The summed E-state index contributed by atoms with van der Waals surface area (Å²) < 4.78 is 13.4. The Morgan fingerprint density at radius 2 is 1.91 bits per heavy atom. The van der Waals surface area contributed by atoms with Crippen molar-refractivity contribution in [1.82, 2.24) is 10.6 Å². The average Bonchev–Trinajstić information content (AvgIpc) is 2.78. The van der Waals surface area contributed by atoms with E-state index in [2.05, 4.69) is 10.6 Å². The van der Waals surface area contributed by atoms with Crippen molar-refractivity contribution >= 4 is 18.3 Å². The summed E-state index contributed by atoms with van der Waals surface area (Å²) in [7, 11) is 0. The number of halogens is 2. The van der Waals surface area contributed by atoms with Crippen LogP contribution in [0.2, 0.25) is 0 Å². The molecule has 2 bridgehead atoms.